The summed E-state index contributed by atoms with van der Waals surface area (Å²) in [6.45, 7) is 1.81. The van der Waals surface area contributed by atoms with Crippen LogP contribution in [0.15, 0.2) is 53.8 Å². The number of carbonyl (C=O) groups excluding carboxylic acids is 1. The lowest BCUT2D eigenvalue weighted by Gasteiger charge is -2.15. The largest absolute Gasteiger partial charge is 0.478 e. The van der Waals surface area contributed by atoms with Crippen LogP contribution < -0.4 is 15.6 Å². The van der Waals surface area contributed by atoms with E-state index in [9.17, 15) is 14.0 Å². The number of aromatic nitrogens is 5. The van der Waals surface area contributed by atoms with Crippen molar-refractivity contribution in [1.29, 1.82) is 0 Å². The predicted octanol–water partition coefficient (Wildman–Crippen LogP) is 0.547. The molecule has 1 amide bonds. The van der Waals surface area contributed by atoms with E-state index >= 15 is 0 Å². The smallest absolute Gasteiger partial charge is 0.266 e. The molecule has 1 N–H and O–H groups in total. The van der Waals surface area contributed by atoms with Crippen molar-refractivity contribution in [1.82, 2.24) is 29.9 Å². The van der Waals surface area contributed by atoms with Gasteiger partial charge < -0.3 is 10.1 Å². The van der Waals surface area contributed by atoms with E-state index in [1.54, 1.807) is 6.07 Å². The van der Waals surface area contributed by atoms with Crippen LogP contribution in [-0.2, 0) is 11.3 Å². The van der Waals surface area contributed by atoms with Crippen molar-refractivity contribution in [2.45, 2.75) is 19.6 Å². The number of hydrogen-bond acceptors (Lipinski definition) is 6. The van der Waals surface area contributed by atoms with Gasteiger partial charge in [-0.15, -0.1) is 5.10 Å². The second-order valence-corrected chi connectivity index (χ2v) is 5.57. The lowest BCUT2D eigenvalue weighted by molar-refractivity contribution is -0.127. The Bertz CT molecular complexity index is 973. The summed E-state index contributed by atoms with van der Waals surface area (Å²) in [5.41, 5.74) is -0.316. The van der Waals surface area contributed by atoms with Crippen LogP contribution >= 0.6 is 0 Å². The molecule has 2 heterocycles. The zero-order valence-corrected chi connectivity index (χ0v) is 14.4. The number of benzene rings is 1. The molecule has 27 heavy (non-hydrogen) atoms. The number of nitrogens with one attached hydrogen (secondary N) is 1. The number of halogens is 1. The quantitative estimate of drug-likeness (QED) is 0.649. The molecule has 0 aliphatic rings. The fourth-order valence-corrected chi connectivity index (χ4v) is 2.26. The van der Waals surface area contributed by atoms with Gasteiger partial charge >= 0.3 is 0 Å². The lowest BCUT2D eigenvalue weighted by atomic mass is 10.3. The topological polar surface area (TPSA) is 104 Å². The van der Waals surface area contributed by atoms with E-state index in [0.717, 1.165) is 0 Å². The summed E-state index contributed by atoms with van der Waals surface area (Å²) >= 11 is 0. The number of amides is 1. The molecule has 0 aliphatic heterocycles. The van der Waals surface area contributed by atoms with Gasteiger partial charge in [-0.1, -0.05) is 12.1 Å². The highest BCUT2D eigenvalue weighted by molar-refractivity contribution is 5.80. The zero-order valence-electron chi connectivity index (χ0n) is 14.4. The van der Waals surface area contributed by atoms with Crippen LogP contribution in [0, 0.1) is 5.82 Å². The third kappa shape index (κ3) is 4.54. The first kappa shape index (κ1) is 18.2. The van der Waals surface area contributed by atoms with Gasteiger partial charge in [0.25, 0.3) is 11.5 Å². The predicted molar refractivity (Wildman–Crippen MR) is 92.9 cm³/mol. The van der Waals surface area contributed by atoms with Gasteiger partial charge in [-0.25, -0.2) is 18.7 Å². The number of hydrogen-bond donors (Lipinski definition) is 1. The first-order valence-corrected chi connectivity index (χ1v) is 8.16. The van der Waals surface area contributed by atoms with Gasteiger partial charge in [-0.3, -0.25) is 9.59 Å². The number of ether oxygens (including phenoxy) is 1. The molecular formula is C17H17FN6O3. The Hall–Kier alpha value is -3.56. The highest BCUT2D eigenvalue weighted by Gasteiger charge is 2.16. The van der Waals surface area contributed by atoms with Crippen LogP contribution in [0.4, 0.5) is 4.39 Å². The van der Waals surface area contributed by atoms with Crippen LogP contribution in [0.5, 0.6) is 5.75 Å². The second-order valence-electron chi connectivity index (χ2n) is 5.57. The Morgan fingerprint density at radius 3 is 2.85 bits per heavy atom. The fraction of sp³-hybridized carbons (Fsp3) is 0.235. The second kappa shape index (κ2) is 8.21. The van der Waals surface area contributed by atoms with Gasteiger partial charge in [0, 0.05) is 12.6 Å². The Labute approximate surface area is 153 Å². The van der Waals surface area contributed by atoms with Gasteiger partial charge in [0.2, 0.25) is 0 Å². The highest BCUT2D eigenvalue weighted by atomic mass is 19.1. The van der Waals surface area contributed by atoms with E-state index < -0.39 is 17.8 Å². The Morgan fingerprint density at radius 2 is 2.11 bits per heavy atom. The molecule has 0 aliphatic carbocycles. The first-order chi connectivity index (χ1) is 13.0. The molecule has 3 aromatic rings. The van der Waals surface area contributed by atoms with Crippen LogP contribution in [-0.4, -0.2) is 43.1 Å². The molecule has 3 rings (SSSR count). The van der Waals surface area contributed by atoms with E-state index in [2.05, 4.69) is 20.5 Å². The normalized spacial score (nSPS) is 11.8. The molecule has 0 bridgehead atoms. The molecule has 1 aromatic carbocycles. The van der Waals surface area contributed by atoms with Gasteiger partial charge in [0.1, 0.15) is 12.7 Å². The van der Waals surface area contributed by atoms with Crippen molar-refractivity contribution in [3.05, 3.63) is 65.2 Å². The highest BCUT2D eigenvalue weighted by Crippen LogP contribution is 2.16. The van der Waals surface area contributed by atoms with Gasteiger partial charge in [0.15, 0.2) is 23.5 Å². The standard InChI is InChI=1S/C17H17FN6O3/c1-12(27-14-5-3-2-4-13(14)18)17(26)20-8-9-23-16(25)7-6-15(22-23)24-11-19-10-21-24/h2-7,10-12H,8-9H2,1H3,(H,20,26). The number of nitrogens with zero attached hydrogens (tertiary/aromatic N) is 5. The van der Waals surface area contributed by atoms with Crippen molar-refractivity contribution >= 4 is 5.91 Å². The maximum atomic E-state index is 13.6. The average Bonchev–Trinajstić information content (AvgIpc) is 3.19. The Morgan fingerprint density at radius 1 is 1.30 bits per heavy atom. The third-order valence-electron chi connectivity index (χ3n) is 3.64. The summed E-state index contributed by atoms with van der Waals surface area (Å²) < 4.78 is 21.5. The van der Waals surface area contributed by atoms with Crippen LogP contribution in [0.2, 0.25) is 0 Å². The summed E-state index contributed by atoms with van der Waals surface area (Å²) in [6, 6.07) is 8.72. The molecule has 2 aromatic heterocycles. The molecule has 10 heteroatoms. The van der Waals surface area contributed by atoms with Gasteiger partial charge in [-0.2, -0.15) is 5.10 Å². The monoisotopic (exact) mass is 372 g/mol. The fourth-order valence-electron chi connectivity index (χ4n) is 2.26. The molecule has 140 valence electrons. The van der Waals surface area contributed by atoms with Crippen molar-refractivity contribution in [3.63, 3.8) is 0 Å². The summed E-state index contributed by atoms with van der Waals surface area (Å²) in [4.78, 5) is 27.8. The minimum Gasteiger partial charge on any atom is -0.478 e. The average molecular weight is 372 g/mol. The summed E-state index contributed by atoms with van der Waals surface area (Å²) in [5.74, 6) is -0.551. The van der Waals surface area contributed by atoms with E-state index in [1.165, 1.54) is 59.3 Å². The summed E-state index contributed by atoms with van der Waals surface area (Å²) in [7, 11) is 0. The van der Waals surface area contributed by atoms with Crippen molar-refractivity contribution in [2.75, 3.05) is 6.54 Å². The Kier molecular flexibility index (Phi) is 5.55. The summed E-state index contributed by atoms with van der Waals surface area (Å²) in [5, 5.41) is 10.7. The maximum Gasteiger partial charge on any atom is 0.266 e. The van der Waals surface area contributed by atoms with Crippen molar-refractivity contribution in [2.24, 2.45) is 0 Å². The number of rotatable bonds is 7. The molecule has 1 atom stereocenters. The van der Waals surface area contributed by atoms with Crippen molar-refractivity contribution in [3.8, 4) is 11.6 Å². The Balaban J connectivity index is 1.56. The molecular weight excluding hydrogens is 355 g/mol. The minimum absolute atomic E-state index is 0.00132. The number of carbonyl (C=O) groups is 1. The molecule has 0 saturated carbocycles. The van der Waals surface area contributed by atoms with E-state index in [0.29, 0.717) is 5.82 Å². The first-order valence-electron chi connectivity index (χ1n) is 8.16. The molecule has 0 saturated heterocycles. The molecule has 0 spiro atoms. The van der Waals surface area contributed by atoms with E-state index in [-0.39, 0.29) is 24.4 Å². The molecule has 0 fully saturated rings. The van der Waals surface area contributed by atoms with Crippen LogP contribution in [0.1, 0.15) is 6.92 Å². The maximum absolute atomic E-state index is 13.6. The molecule has 0 radical (unpaired) electrons. The van der Waals surface area contributed by atoms with Gasteiger partial charge in [0.05, 0.1) is 6.54 Å². The van der Waals surface area contributed by atoms with E-state index in [1.807, 2.05) is 0 Å². The third-order valence-corrected chi connectivity index (χ3v) is 3.64. The van der Waals surface area contributed by atoms with E-state index in [4.69, 9.17) is 4.74 Å². The van der Waals surface area contributed by atoms with Crippen molar-refractivity contribution < 1.29 is 13.9 Å². The molecule has 9 nitrogen and oxygen atoms in total. The lowest BCUT2D eigenvalue weighted by Crippen LogP contribution is -2.39. The molecule has 1 unspecified atom stereocenters. The SMILES string of the molecule is CC(Oc1ccccc1F)C(=O)NCCn1nc(-n2cncn2)ccc1=O. The zero-order chi connectivity index (χ0) is 19.2. The minimum atomic E-state index is -0.895. The van der Waals surface area contributed by atoms with Crippen LogP contribution in [0.25, 0.3) is 5.82 Å². The van der Waals surface area contributed by atoms with Gasteiger partial charge in [-0.05, 0) is 25.1 Å². The van der Waals surface area contributed by atoms with Crippen LogP contribution in [0.3, 0.4) is 0 Å². The number of para-hydroxylation sites is 1. The summed E-state index contributed by atoms with van der Waals surface area (Å²) in [6.07, 6.45) is 1.92.